The van der Waals surface area contributed by atoms with Crippen LogP contribution < -0.4 is 5.73 Å². The zero-order chi connectivity index (χ0) is 5.86. The second-order valence-corrected chi connectivity index (χ2v) is 3.24. The summed E-state index contributed by atoms with van der Waals surface area (Å²) in [5.41, 5.74) is 4.73. The summed E-state index contributed by atoms with van der Waals surface area (Å²) < 4.78 is -0.211. The Kier molecular flexibility index (Phi) is 3.21. The van der Waals surface area contributed by atoms with Gasteiger partial charge in [0.2, 0.25) is 0 Å². The third-order valence-corrected chi connectivity index (χ3v) is 1.10. The van der Waals surface area contributed by atoms with E-state index in [0.29, 0.717) is 0 Å². The van der Waals surface area contributed by atoms with Crippen molar-refractivity contribution in [3.05, 3.63) is 0 Å². The molecule has 1 atom stereocenters. The van der Waals surface area contributed by atoms with Gasteiger partial charge in [0.15, 0.2) is 0 Å². The van der Waals surface area contributed by atoms with Crippen molar-refractivity contribution in [3.63, 3.8) is 0 Å². The Morgan fingerprint density at radius 2 is 2.43 bits per heavy atom. The SMILES string of the molecule is CC(Cl)SC(N)=O. The number of carbonyl (C=O) groups excluding carboxylic acids is 1. The van der Waals surface area contributed by atoms with Crippen molar-refractivity contribution < 1.29 is 4.79 Å². The van der Waals surface area contributed by atoms with Gasteiger partial charge in [-0.3, -0.25) is 4.79 Å². The predicted molar refractivity (Wildman–Crippen MR) is 32.5 cm³/mol. The normalized spacial score (nSPS) is 13.4. The topological polar surface area (TPSA) is 43.1 Å². The van der Waals surface area contributed by atoms with Crippen LogP contribution in [0.2, 0.25) is 0 Å². The van der Waals surface area contributed by atoms with Crippen LogP contribution in [-0.2, 0) is 0 Å². The van der Waals surface area contributed by atoms with E-state index in [1.54, 1.807) is 6.92 Å². The number of thioether (sulfide) groups is 1. The van der Waals surface area contributed by atoms with E-state index in [2.05, 4.69) is 0 Å². The molecule has 0 aromatic rings. The van der Waals surface area contributed by atoms with Crippen LogP contribution in [0.4, 0.5) is 4.79 Å². The van der Waals surface area contributed by atoms with Crippen molar-refractivity contribution in [1.82, 2.24) is 0 Å². The number of carbonyl (C=O) groups is 1. The molecule has 0 aliphatic rings. The van der Waals surface area contributed by atoms with Crippen LogP contribution >= 0.6 is 23.4 Å². The first kappa shape index (κ1) is 7.11. The van der Waals surface area contributed by atoms with Gasteiger partial charge in [0.25, 0.3) is 5.24 Å². The summed E-state index contributed by atoms with van der Waals surface area (Å²) in [6, 6.07) is 0. The highest BCUT2D eigenvalue weighted by molar-refractivity contribution is 8.14. The van der Waals surface area contributed by atoms with Crippen molar-refractivity contribution in [2.24, 2.45) is 5.73 Å². The average molecular weight is 140 g/mol. The third-order valence-electron chi connectivity index (χ3n) is 0.279. The zero-order valence-corrected chi connectivity index (χ0v) is 5.42. The lowest BCUT2D eigenvalue weighted by Crippen LogP contribution is -2.04. The fourth-order valence-corrected chi connectivity index (χ4v) is 0.744. The van der Waals surface area contributed by atoms with Crippen molar-refractivity contribution in [1.29, 1.82) is 0 Å². The summed E-state index contributed by atoms with van der Waals surface area (Å²) in [5, 5.41) is -0.428. The molecule has 0 fully saturated rings. The van der Waals surface area contributed by atoms with Crippen LogP contribution in [0.25, 0.3) is 0 Å². The molecule has 0 bridgehead atoms. The fraction of sp³-hybridized carbons (Fsp3) is 0.667. The summed E-state index contributed by atoms with van der Waals surface area (Å²) >= 11 is 6.25. The Morgan fingerprint density at radius 3 is 2.43 bits per heavy atom. The smallest absolute Gasteiger partial charge is 0.277 e. The molecule has 0 saturated carbocycles. The minimum Gasteiger partial charge on any atom is -0.360 e. The predicted octanol–water partition coefficient (Wildman–Crippen LogP) is 1.38. The number of hydrogen-bond donors (Lipinski definition) is 1. The molecule has 42 valence electrons. The summed E-state index contributed by atoms with van der Waals surface area (Å²) in [6.07, 6.45) is 0. The molecule has 2 N–H and O–H groups in total. The summed E-state index contributed by atoms with van der Waals surface area (Å²) in [6.45, 7) is 1.69. The number of halogens is 1. The van der Waals surface area contributed by atoms with Gasteiger partial charge in [0, 0.05) is 0 Å². The largest absolute Gasteiger partial charge is 0.360 e. The molecule has 0 heterocycles. The summed E-state index contributed by atoms with van der Waals surface area (Å²) in [4.78, 5) is 9.91. The lowest BCUT2D eigenvalue weighted by molar-refractivity contribution is 0.267. The molecule has 1 unspecified atom stereocenters. The lowest BCUT2D eigenvalue weighted by atomic mass is 11.0. The van der Waals surface area contributed by atoms with Gasteiger partial charge in [0.1, 0.15) is 0 Å². The Morgan fingerprint density at radius 1 is 2.00 bits per heavy atom. The second-order valence-electron chi connectivity index (χ2n) is 0.980. The van der Waals surface area contributed by atoms with Crippen LogP contribution in [0.5, 0.6) is 0 Å². The number of rotatable bonds is 1. The van der Waals surface area contributed by atoms with Crippen LogP contribution in [0.1, 0.15) is 6.92 Å². The van der Waals surface area contributed by atoms with E-state index >= 15 is 0 Å². The van der Waals surface area contributed by atoms with E-state index < -0.39 is 5.24 Å². The highest BCUT2D eigenvalue weighted by Crippen LogP contribution is 2.12. The standard InChI is InChI=1S/C3H6ClNOS/c1-2(4)7-3(5)6/h2H,1H3,(H2,5,6). The average Bonchev–Trinajstić information content (AvgIpc) is 1.27. The van der Waals surface area contributed by atoms with Gasteiger partial charge in [-0.2, -0.15) is 0 Å². The minimum absolute atomic E-state index is 0.211. The van der Waals surface area contributed by atoms with Gasteiger partial charge in [-0.1, -0.05) is 0 Å². The lowest BCUT2D eigenvalue weighted by Gasteiger charge is -1.92. The van der Waals surface area contributed by atoms with Crippen LogP contribution in [-0.4, -0.2) is 9.95 Å². The number of hydrogen-bond acceptors (Lipinski definition) is 2. The number of alkyl halides is 1. The first-order chi connectivity index (χ1) is 3.13. The molecule has 0 rings (SSSR count). The van der Waals surface area contributed by atoms with E-state index in [4.69, 9.17) is 17.3 Å². The van der Waals surface area contributed by atoms with E-state index in [9.17, 15) is 4.79 Å². The van der Waals surface area contributed by atoms with E-state index in [-0.39, 0.29) is 4.71 Å². The fourth-order valence-electron chi connectivity index (χ4n) is 0.160. The van der Waals surface area contributed by atoms with Crippen molar-refractivity contribution in [3.8, 4) is 0 Å². The van der Waals surface area contributed by atoms with E-state index in [0.717, 1.165) is 11.8 Å². The zero-order valence-electron chi connectivity index (χ0n) is 3.85. The molecule has 0 saturated heterocycles. The second kappa shape index (κ2) is 3.16. The molecule has 2 nitrogen and oxygen atoms in total. The van der Waals surface area contributed by atoms with Crippen LogP contribution in [0, 0.1) is 0 Å². The quantitative estimate of drug-likeness (QED) is 0.558. The first-order valence-electron chi connectivity index (χ1n) is 1.73. The van der Waals surface area contributed by atoms with Crippen molar-refractivity contribution >= 4 is 28.6 Å². The van der Waals surface area contributed by atoms with E-state index in [1.165, 1.54) is 0 Å². The molecule has 4 heteroatoms. The van der Waals surface area contributed by atoms with Gasteiger partial charge in [-0.15, -0.1) is 11.6 Å². The maximum absolute atomic E-state index is 9.91. The molecule has 0 radical (unpaired) electrons. The first-order valence-corrected chi connectivity index (χ1v) is 3.04. The maximum atomic E-state index is 9.91. The van der Waals surface area contributed by atoms with Gasteiger partial charge in [-0.25, -0.2) is 0 Å². The molecule has 0 spiro atoms. The van der Waals surface area contributed by atoms with Crippen LogP contribution in [0.3, 0.4) is 0 Å². The van der Waals surface area contributed by atoms with Gasteiger partial charge < -0.3 is 5.73 Å². The molecular formula is C3H6ClNOS. The van der Waals surface area contributed by atoms with Crippen LogP contribution in [0.15, 0.2) is 0 Å². The van der Waals surface area contributed by atoms with Gasteiger partial charge in [-0.05, 0) is 18.7 Å². The number of nitrogens with two attached hydrogens (primary N) is 1. The minimum atomic E-state index is -0.428. The van der Waals surface area contributed by atoms with Crippen molar-refractivity contribution in [2.75, 3.05) is 0 Å². The Balaban J connectivity index is 3.13. The Hall–Kier alpha value is 0.110. The maximum Gasteiger partial charge on any atom is 0.277 e. The molecule has 1 amide bonds. The highest BCUT2D eigenvalue weighted by Gasteiger charge is 1.99. The van der Waals surface area contributed by atoms with Gasteiger partial charge in [0.05, 0.1) is 4.71 Å². The molecule has 0 aliphatic carbocycles. The molecule has 0 aromatic heterocycles. The Bertz CT molecular complexity index is 75.3. The summed E-state index contributed by atoms with van der Waals surface area (Å²) in [7, 11) is 0. The number of primary amides is 1. The molecule has 0 aliphatic heterocycles. The third kappa shape index (κ3) is 6.11. The Labute approximate surface area is 51.4 Å². The number of amides is 1. The van der Waals surface area contributed by atoms with Crippen molar-refractivity contribution in [2.45, 2.75) is 11.6 Å². The molecule has 0 aromatic carbocycles. The highest BCUT2D eigenvalue weighted by atomic mass is 35.5. The summed E-state index contributed by atoms with van der Waals surface area (Å²) in [5.74, 6) is 0. The van der Waals surface area contributed by atoms with E-state index in [1.807, 2.05) is 0 Å². The molecular weight excluding hydrogens is 134 g/mol. The van der Waals surface area contributed by atoms with Gasteiger partial charge >= 0.3 is 0 Å². The monoisotopic (exact) mass is 139 g/mol. The molecule has 7 heavy (non-hydrogen) atoms.